The van der Waals surface area contributed by atoms with Crippen LogP contribution in [-0.2, 0) is 6.54 Å². The van der Waals surface area contributed by atoms with Crippen molar-refractivity contribution in [3.63, 3.8) is 0 Å². The Hall–Kier alpha value is -3.18. The number of carbonyl (C=O) groups is 2. The molecule has 8 heteroatoms. The number of anilines is 1. The van der Waals surface area contributed by atoms with E-state index < -0.39 is 15.8 Å². The van der Waals surface area contributed by atoms with Crippen LogP contribution in [-0.4, -0.2) is 44.7 Å². The van der Waals surface area contributed by atoms with Crippen LogP contribution in [0.5, 0.6) is 0 Å². The van der Waals surface area contributed by atoms with Crippen molar-refractivity contribution in [1.29, 1.82) is 0 Å². The molecule has 164 valence electrons. The van der Waals surface area contributed by atoms with Crippen LogP contribution < -0.4 is 20.4 Å². The summed E-state index contributed by atoms with van der Waals surface area (Å²) in [5, 5.41) is 8.38. The van der Waals surface area contributed by atoms with Crippen LogP contribution in [0, 0.1) is 0 Å². The predicted octanol–water partition coefficient (Wildman–Crippen LogP) is 2.86. The van der Waals surface area contributed by atoms with Gasteiger partial charge in [-0.05, 0) is 6.07 Å². The fourth-order valence-electron chi connectivity index (χ4n) is 3.38. The molecule has 0 radical (unpaired) electrons. The molecule has 1 aliphatic rings. The first-order valence-corrected chi connectivity index (χ1v) is 12.9. The number of pyridine rings is 2. The van der Waals surface area contributed by atoms with E-state index in [0.29, 0.717) is 17.8 Å². The van der Waals surface area contributed by atoms with Crippen molar-refractivity contribution in [1.82, 2.24) is 20.6 Å². The monoisotopic (exact) mass is 491 g/mol. The molecule has 3 aromatic rings. The van der Waals surface area contributed by atoms with Crippen molar-refractivity contribution in [2.24, 2.45) is 0 Å². The molecule has 32 heavy (non-hydrogen) atoms. The van der Waals surface area contributed by atoms with Gasteiger partial charge in [0.15, 0.2) is 0 Å². The number of aromatic nitrogens is 2. The van der Waals surface area contributed by atoms with Gasteiger partial charge in [-0.1, -0.05) is 6.07 Å². The Morgan fingerprint density at radius 2 is 1.91 bits per heavy atom. The standard InChI is InChI=1S/C24H26AsN5O2/c1-26-23(31)20-11-12-21(30-22(20)25-18-5-2-6-18)17-7-9-19(10-8-17)29-24(32)28-15-16-4-3-13-27-14-16/h3-4,7-14,18,25H,2,5-6,15H2,1H3,(H,26,31)(H2,28,29,32). The van der Waals surface area contributed by atoms with Gasteiger partial charge in [-0.3, -0.25) is 4.98 Å². The zero-order valence-corrected chi connectivity index (χ0v) is 20.0. The van der Waals surface area contributed by atoms with Crippen molar-refractivity contribution in [3.05, 3.63) is 72.1 Å². The van der Waals surface area contributed by atoms with E-state index in [-0.39, 0.29) is 11.9 Å². The quantitative estimate of drug-likeness (QED) is 0.443. The van der Waals surface area contributed by atoms with E-state index in [1.807, 2.05) is 48.5 Å². The van der Waals surface area contributed by atoms with E-state index in [1.54, 1.807) is 19.4 Å². The van der Waals surface area contributed by atoms with E-state index in [9.17, 15) is 9.59 Å². The summed E-state index contributed by atoms with van der Waals surface area (Å²) in [6, 6.07) is 14.8. The van der Waals surface area contributed by atoms with Crippen LogP contribution in [0.1, 0.15) is 35.2 Å². The molecule has 0 saturated heterocycles. The molecular weight excluding hydrogens is 465 g/mol. The Morgan fingerprint density at radius 1 is 1.09 bits per heavy atom. The third kappa shape index (κ3) is 5.54. The number of hydrogen-bond donors (Lipinski definition) is 3. The van der Waals surface area contributed by atoms with Gasteiger partial charge in [0.25, 0.3) is 0 Å². The number of carbonyl (C=O) groups excluding carboxylic acids is 2. The molecule has 3 amide bonds. The van der Waals surface area contributed by atoms with Crippen molar-refractivity contribution >= 4 is 37.9 Å². The van der Waals surface area contributed by atoms with Crippen molar-refractivity contribution in [3.8, 4) is 11.3 Å². The summed E-state index contributed by atoms with van der Waals surface area (Å²) >= 11 is -0.458. The molecule has 1 saturated carbocycles. The maximum absolute atomic E-state index is 12.3. The van der Waals surface area contributed by atoms with Crippen molar-refractivity contribution in [2.45, 2.75) is 30.5 Å². The minimum absolute atomic E-state index is 0.0704. The van der Waals surface area contributed by atoms with E-state index in [4.69, 9.17) is 4.98 Å². The van der Waals surface area contributed by atoms with E-state index in [1.165, 1.54) is 19.3 Å². The van der Waals surface area contributed by atoms with Gasteiger partial charge in [-0.15, -0.1) is 0 Å². The third-order valence-corrected chi connectivity index (χ3v) is 8.87. The number of urea groups is 1. The number of rotatable bonds is 7. The fourth-order valence-corrected chi connectivity index (χ4v) is 6.78. The number of benzene rings is 1. The van der Waals surface area contributed by atoms with Crippen LogP contribution in [0.25, 0.3) is 11.3 Å². The Morgan fingerprint density at radius 3 is 2.56 bits per heavy atom. The molecule has 0 spiro atoms. The Balaban J connectivity index is 1.43. The Bertz CT molecular complexity index is 1090. The van der Waals surface area contributed by atoms with E-state index in [0.717, 1.165) is 26.0 Å². The molecule has 1 aromatic carbocycles. The molecule has 2 heterocycles. The number of hydrogen-bond acceptors (Lipinski definition) is 4. The van der Waals surface area contributed by atoms with Gasteiger partial charge in [0.05, 0.1) is 0 Å². The summed E-state index contributed by atoms with van der Waals surface area (Å²) in [5.74, 6) is -0.0704. The molecule has 1 unspecified atom stereocenters. The first-order chi connectivity index (χ1) is 15.6. The van der Waals surface area contributed by atoms with Gasteiger partial charge >= 0.3 is 165 Å². The van der Waals surface area contributed by atoms with Gasteiger partial charge < -0.3 is 0 Å². The Labute approximate surface area is 194 Å². The van der Waals surface area contributed by atoms with Crippen molar-refractivity contribution in [2.75, 3.05) is 12.4 Å². The van der Waals surface area contributed by atoms with Crippen molar-refractivity contribution < 1.29 is 9.59 Å². The summed E-state index contributed by atoms with van der Waals surface area (Å²) < 4.78 is 1.71. The first-order valence-electron chi connectivity index (χ1n) is 10.7. The molecule has 2 aromatic heterocycles. The van der Waals surface area contributed by atoms with Gasteiger partial charge in [-0.2, -0.15) is 0 Å². The zero-order valence-electron chi connectivity index (χ0n) is 17.9. The minimum atomic E-state index is -0.458. The van der Waals surface area contributed by atoms with E-state index in [2.05, 4.69) is 20.9 Å². The van der Waals surface area contributed by atoms with Gasteiger partial charge in [0, 0.05) is 12.4 Å². The normalized spacial score (nSPS) is 13.5. The van der Waals surface area contributed by atoms with E-state index >= 15 is 0 Å². The molecule has 1 atom stereocenters. The second kappa shape index (κ2) is 10.4. The zero-order chi connectivity index (χ0) is 22.3. The third-order valence-electron chi connectivity index (χ3n) is 5.43. The van der Waals surface area contributed by atoms with Crippen LogP contribution in [0.3, 0.4) is 0 Å². The molecular formula is C24H26AsN5O2. The number of nitrogens with zero attached hydrogens (tertiary/aromatic N) is 2. The van der Waals surface area contributed by atoms with Crippen LogP contribution in [0.15, 0.2) is 60.9 Å². The molecule has 1 aliphatic carbocycles. The van der Waals surface area contributed by atoms with Gasteiger partial charge in [-0.25, -0.2) is 0 Å². The summed E-state index contributed by atoms with van der Waals surface area (Å²) in [5.41, 5.74) is 4.14. The Kier molecular flexibility index (Phi) is 7.17. The second-order valence-corrected chi connectivity index (χ2v) is 11.0. The molecule has 3 N–H and O–H groups in total. The fraction of sp³-hybridized carbons (Fsp3) is 0.250. The summed E-state index contributed by atoms with van der Waals surface area (Å²) in [7, 11) is 1.65. The molecule has 1 fully saturated rings. The average molecular weight is 491 g/mol. The summed E-state index contributed by atoms with van der Waals surface area (Å²) in [4.78, 5) is 33.4. The summed E-state index contributed by atoms with van der Waals surface area (Å²) in [6.45, 7) is 0.409. The van der Waals surface area contributed by atoms with Crippen LogP contribution in [0.4, 0.5) is 10.5 Å². The first kappa shape index (κ1) is 22.0. The number of nitrogens with one attached hydrogen (secondary N) is 3. The molecule has 0 bridgehead atoms. The number of amides is 3. The molecule has 7 nitrogen and oxygen atoms in total. The molecule has 0 aliphatic heterocycles. The second-order valence-electron chi connectivity index (χ2n) is 7.69. The topological polar surface area (TPSA) is 96.0 Å². The molecule has 4 rings (SSSR count). The summed E-state index contributed by atoms with van der Waals surface area (Å²) in [6.07, 6.45) is 7.21. The average Bonchev–Trinajstić information content (AvgIpc) is 2.80. The van der Waals surface area contributed by atoms with Gasteiger partial charge in [0.1, 0.15) is 0 Å². The predicted molar refractivity (Wildman–Crippen MR) is 128 cm³/mol. The maximum atomic E-state index is 12.3. The van der Waals surface area contributed by atoms with Crippen LogP contribution >= 0.6 is 0 Å². The van der Waals surface area contributed by atoms with Gasteiger partial charge in [0.2, 0.25) is 0 Å². The SMILES string of the molecule is CNC(=O)c1ccc(-c2ccc(NC(=O)NCc3cccnc3)cc2)nc1[AsH]C1CCC1. The van der Waals surface area contributed by atoms with Crippen LogP contribution in [0.2, 0.25) is 4.71 Å².